The predicted molar refractivity (Wildman–Crippen MR) is 80.6 cm³/mol. The minimum Gasteiger partial charge on any atom is -0.392 e. The number of fused-ring (bicyclic) bond motifs is 1. The Morgan fingerprint density at radius 1 is 1.00 bits per heavy atom. The summed E-state index contributed by atoms with van der Waals surface area (Å²) in [6.45, 7) is 0. The molecule has 1 aromatic heterocycles. The average molecular weight is 281 g/mol. The Kier molecular flexibility index (Phi) is 2.91. The van der Waals surface area contributed by atoms with E-state index in [9.17, 15) is 14.9 Å². The van der Waals surface area contributed by atoms with Crippen LogP contribution >= 0.6 is 0 Å². The summed E-state index contributed by atoms with van der Waals surface area (Å²) in [5, 5.41) is 11.7. The molecule has 0 saturated carbocycles. The van der Waals surface area contributed by atoms with Gasteiger partial charge in [0.05, 0.1) is 10.4 Å². The quantitative estimate of drug-likeness (QED) is 0.577. The molecule has 0 spiro atoms. The van der Waals surface area contributed by atoms with Crippen molar-refractivity contribution in [2.24, 2.45) is 0 Å². The van der Waals surface area contributed by atoms with Gasteiger partial charge in [-0.25, -0.2) is 0 Å². The van der Waals surface area contributed by atoms with Crippen LogP contribution in [0.25, 0.3) is 16.6 Å². The van der Waals surface area contributed by atoms with Gasteiger partial charge in [-0.1, -0.05) is 36.4 Å². The lowest BCUT2D eigenvalue weighted by molar-refractivity contribution is -0.385. The highest BCUT2D eigenvalue weighted by molar-refractivity contribution is 5.95. The summed E-state index contributed by atoms with van der Waals surface area (Å²) in [6, 6.07) is 15.6. The van der Waals surface area contributed by atoms with Gasteiger partial charge in [0.15, 0.2) is 0 Å². The molecule has 3 rings (SSSR count). The van der Waals surface area contributed by atoms with Crippen LogP contribution < -0.4 is 11.3 Å². The zero-order valence-corrected chi connectivity index (χ0v) is 10.9. The van der Waals surface area contributed by atoms with Gasteiger partial charge in [0.1, 0.15) is 5.69 Å². The van der Waals surface area contributed by atoms with Crippen molar-refractivity contribution in [1.82, 2.24) is 4.57 Å². The maximum Gasteiger partial charge on any atom is 0.357 e. The maximum absolute atomic E-state index is 12.5. The third-order valence-electron chi connectivity index (χ3n) is 3.29. The summed E-state index contributed by atoms with van der Waals surface area (Å²) < 4.78 is 1.31. The Bertz CT molecular complexity index is 901. The van der Waals surface area contributed by atoms with Gasteiger partial charge < -0.3 is 5.73 Å². The molecule has 1 heterocycles. The van der Waals surface area contributed by atoms with Crippen LogP contribution in [0.2, 0.25) is 0 Å². The van der Waals surface area contributed by atoms with Crippen molar-refractivity contribution in [2.45, 2.75) is 0 Å². The number of aromatic nitrogens is 1. The van der Waals surface area contributed by atoms with Crippen LogP contribution in [0.5, 0.6) is 0 Å². The van der Waals surface area contributed by atoms with Crippen LogP contribution in [0.15, 0.2) is 59.4 Å². The molecule has 0 amide bonds. The smallest absolute Gasteiger partial charge is 0.357 e. The normalized spacial score (nSPS) is 10.7. The molecule has 0 fully saturated rings. The summed E-state index contributed by atoms with van der Waals surface area (Å²) in [6.07, 6.45) is 0. The minimum atomic E-state index is -0.734. The van der Waals surface area contributed by atoms with Crippen LogP contribution in [-0.4, -0.2) is 9.49 Å². The summed E-state index contributed by atoms with van der Waals surface area (Å²) in [7, 11) is 0. The van der Waals surface area contributed by atoms with Crippen molar-refractivity contribution in [3.05, 3.63) is 75.1 Å². The molecule has 6 heteroatoms. The summed E-state index contributed by atoms with van der Waals surface area (Å²) in [5.41, 5.74) is 5.47. The van der Waals surface area contributed by atoms with Crippen LogP contribution in [0.3, 0.4) is 0 Å². The molecule has 0 radical (unpaired) electrons. The lowest BCUT2D eigenvalue weighted by Gasteiger charge is -2.12. The lowest BCUT2D eigenvalue weighted by Crippen LogP contribution is -2.23. The monoisotopic (exact) mass is 281 g/mol. The number of benzene rings is 2. The van der Waals surface area contributed by atoms with Crippen LogP contribution in [-0.2, 0) is 0 Å². The van der Waals surface area contributed by atoms with Gasteiger partial charge in [0.2, 0.25) is 0 Å². The van der Waals surface area contributed by atoms with Gasteiger partial charge in [-0.3, -0.25) is 19.5 Å². The highest BCUT2D eigenvalue weighted by Crippen LogP contribution is 2.28. The number of hydrogen-bond acceptors (Lipinski definition) is 4. The summed E-state index contributed by atoms with van der Waals surface area (Å²) in [5.74, 6) is 0. The molecule has 0 aliphatic rings. The number of pyridine rings is 1. The average Bonchev–Trinajstić information content (AvgIpc) is 2.48. The van der Waals surface area contributed by atoms with Gasteiger partial charge in [-0.05, 0) is 18.2 Å². The van der Waals surface area contributed by atoms with Crippen molar-refractivity contribution in [1.29, 1.82) is 0 Å². The fourth-order valence-electron chi connectivity index (χ4n) is 2.36. The van der Waals surface area contributed by atoms with E-state index >= 15 is 0 Å². The molecule has 104 valence electrons. The standard InChI is InChI=1S/C15H11N3O3/c16-13-11-8-4-5-9-12(11)17(10-6-2-1-3-7-10)15(19)14(13)18(20)21/h1-9H,16H2. The van der Waals surface area contributed by atoms with E-state index in [1.165, 1.54) is 4.57 Å². The molecule has 0 unspecified atom stereocenters. The van der Waals surface area contributed by atoms with Gasteiger partial charge in [-0.15, -0.1) is 0 Å². The molecular weight excluding hydrogens is 270 g/mol. The van der Waals surface area contributed by atoms with Crippen molar-refractivity contribution >= 4 is 22.3 Å². The van der Waals surface area contributed by atoms with Gasteiger partial charge in [0.25, 0.3) is 0 Å². The second kappa shape index (κ2) is 4.75. The molecular formula is C15H11N3O3. The van der Waals surface area contributed by atoms with Crippen molar-refractivity contribution < 1.29 is 4.92 Å². The Hall–Kier alpha value is -3.15. The second-order valence-corrected chi connectivity index (χ2v) is 4.51. The molecule has 21 heavy (non-hydrogen) atoms. The van der Waals surface area contributed by atoms with E-state index in [4.69, 9.17) is 5.73 Å². The lowest BCUT2D eigenvalue weighted by atomic mass is 10.1. The Labute approximate surface area is 119 Å². The number of nitrogens with zero attached hydrogens (tertiary/aromatic N) is 2. The zero-order valence-electron chi connectivity index (χ0n) is 10.9. The third-order valence-corrected chi connectivity index (χ3v) is 3.29. The van der Waals surface area contributed by atoms with E-state index in [2.05, 4.69) is 0 Å². The topological polar surface area (TPSA) is 91.2 Å². The molecule has 6 nitrogen and oxygen atoms in total. The minimum absolute atomic E-state index is 0.104. The first-order chi connectivity index (χ1) is 10.1. The van der Waals surface area contributed by atoms with Crippen molar-refractivity contribution in [2.75, 3.05) is 5.73 Å². The predicted octanol–water partition coefficient (Wildman–Crippen LogP) is 2.48. The Morgan fingerprint density at radius 3 is 2.29 bits per heavy atom. The molecule has 2 N–H and O–H groups in total. The van der Waals surface area contributed by atoms with Crippen molar-refractivity contribution in [3.63, 3.8) is 0 Å². The first-order valence-electron chi connectivity index (χ1n) is 6.24. The highest BCUT2D eigenvalue weighted by atomic mass is 16.6. The second-order valence-electron chi connectivity index (χ2n) is 4.51. The molecule has 0 aliphatic carbocycles. The van der Waals surface area contributed by atoms with E-state index in [1.54, 1.807) is 48.5 Å². The SMILES string of the molecule is Nc1c([N+](=O)[O-])c(=O)n(-c2ccccc2)c2ccccc12. The number of nitrogens with two attached hydrogens (primary N) is 1. The van der Waals surface area contributed by atoms with Crippen LogP contribution in [0, 0.1) is 10.1 Å². The van der Waals surface area contributed by atoms with Gasteiger partial charge in [-0.2, -0.15) is 0 Å². The zero-order chi connectivity index (χ0) is 15.0. The number of hydrogen-bond donors (Lipinski definition) is 1. The Morgan fingerprint density at radius 2 is 1.62 bits per heavy atom. The van der Waals surface area contributed by atoms with Gasteiger partial charge in [0, 0.05) is 11.1 Å². The highest BCUT2D eigenvalue weighted by Gasteiger charge is 2.24. The van der Waals surface area contributed by atoms with Gasteiger partial charge >= 0.3 is 11.2 Å². The maximum atomic E-state index is 12.5. The fraction of sp³-hybridized carbons (Fsp3) is 0. The number of anilines is 1. The van der Waals surface area contributed by atoms with E-state index in [0.29, 0.717) is 16.6 Å². The number of rotatable bonds is 2. The summed E-state index contributed by atoms with van der Waals surface area (Å²) in [4.78, 5) is 22.9. The number of nitrogen functional groups attached to an aromatic ring is 1. The molecule has 2 aromatic carbocycles. The van der Waals surface area contributed by atoms with Crippen LogP contribution in [0.1, 0.15) is 0 Å². The van der Waals surface area contributed by atoms with E-state index in [0.717, 1.165) is 0 Å². The van der Waals surface area contributed by atoms with E-state index in [1.807, 2.05) is 6.07 Å². The van der Waals surface area contributed by atoms with Crippen molar-refractivity contribution in [3.8, 4) is 5.69 Å². The first-order valence-corrected chi connectivity index (χ1v) is 6.24. The molecule has 0 bridgehead atoms. The first kappa shape index (κ1) is 12.9. The van der Waals surface area contributed by atoms with E-state index < -0.39 is 16.2 Å². The largest absolute Gasteiger partial charge is 0.392 e. The summed E-state index contributed by atoms with van der Waals surface area (Å²) >= 11 is 0. The number of para-hydroxylation sites is 2. The molecule has 0 aliphatic heterocycles. The Balaban J connectivity index is 2.55. The molecule has 0 saturated heterocycles. The third kappa shape index (κ3) is 1.93. The molecule has 3 aromatic rings. The number of nitro groups is 1. The fourth-order valence-corrected chi connectivity index (χ4v) is 2.36. The van der Waals surface area contributed by atoms with Crippen LogP contribution in [0.4, 0.5) is 11.4 Å². The van der Waals surface area contributed by atoms with E-state index in [-0.39, 0.29) is 5.69 Å². The molecule has 0 atom stereocenters.